The number of aryl methyl sites for hydroxylation is 2. The van der Waals surface area contributed by atoms with Crippen molar-refractivity contribution in [3.8, 4) is 5.75 Å². The quantitative estimate of drug-likeness (QED) is 0.426. The first-order chi connectivity index (χ1) is 13.8. The minimum atomic E-state index is -0.437. The SMILES string of the molecule is Cc1cc(=O)oc2cc(OCc3ccc(F)cc3)c(CCC(=O)OC(C)C)cc12. The lowest BCUT2D eigenvalue weighted by atomic mass is 10.0. The predicted octanol–water partition coefficient (Wildman–Crippen LogP) is 4.70. The number of carbonyl (C=O) groups excluding carboxylic acids is 1. The number of hydrogen-bond acceptors (Lipinski definition) is 5. The van der Waals surface area contributed by atoms with Gasteiger partial charge in [0.15, 0.2) is 0 Å². The van der Waals surface area contributed by atoms with Gasteiger partial charge >= 0.3 is 11.6 Å². The molecule has 0 aliphatic rings. The molecule has 0 radical (unpaired) electrons. The van der Waals surface area contributed by atoms with Gasteiger partial charge in [-0.05, 0) is 62.1 Å². The van der Waals surface area contributed by atoms with Gasteiger partial charge in [-0.3, -0.25) is 4.79 Å². The van der Waals surface area contributed by atoms with Crippen molar-refractivity contribution in [3.63, 3.8) is 0 Å². The molecule has 6 heteroatoms. The molecule has 5 nitrogen and oxygen atoms in total. The van der Waals surface area contributed by atoms with Crippen LogP contribution in [0.2, 0.25) is 0 Å². The average molecular weight is 398 g/mol. The molecule has 0 atom stereocenters. The number of esters is 1. The number of fused-ring (bicyclic) bond motifs is 1. The summed E-state index contributed by atoms with van der Waals surface area (Å²) < 4.78 is 29.5. The summed E-state index contributed by atoms with van der Waals surface area (Å²) in [7, 11) is 0. The Hall–Kier alpha value is -3.15. The first-order valence-electron chi connectivity index (χ1n) is 9.46. The summed E-state index contributed by atoms with van der Waals surface area (Å²) >= 11 is 0. The van der Waals surface area contributed by atoms with E-state index >= 15 is 0 Å². The first kappa shape index (κ1) is 20.6. The third kappa shape index (κ3) is 5.44. The molecular weight excluding hydrogens is 375 g/mol. The minimum Gasteiger partial charge on any atom is -0.488 e. The standard InChI is InChI=1S/C23H23FO5/c1-14(2)28-22(25)9-6-17-11-19-15(3)10-23(26)29-21(19)12-20(17)27-13-16-4-7-18(24)8-5-16/h4-5,7-8,10-12,14H,6,9,13H2,1-3H3. The second kappa shape index (κ2) is 8.90. The van der Waals surface area contributed by atoms with E-state index in [-0.39, 0.29) is 30.9 Å². The van der Waals surface area contributed by atoms with Crippen molar-refractivity contribution < 1.29 is 23.1 Å². The summed E-state index contributed by atoms with van der Waals surface area (Å²) in [5.41, 5.74) is 2.36. The van der Waals surface area contributed by atoms with E-state index in [1.54, 1.807) is 32.0 Å². The summed E-state index contributed by atoms with van der Waals surface area (Å²) in [6, 6.07) is 11.0. The van der Waals surface area contributed by atoms with E-state index in [0.29, 0.717) is 17.8 Å². The fraction of sp³-hybridized carbons (Fsp3) is 0.304. The van der Waals surface area contributed by atoms with Crippen molar-refractivity contribution >= 4 is 16.9 Å². The molecule has 2 aromatic carbocycles. The van der Waals surface area contributed by atoms with Crippen LogP contribution in [-0.2, 0) is 22.6 Å². The largest absolute Gasteiger partial charge is 0.488 e. The highest BCUT2D eigenvalue weighted by Crippen LogP contribution is 2.29. The molecule has 29 heavy (non-hydrogen) atoms. The van der Waals surface area contributed by atoms with Gasteiger partial charge in [-0.25, -0.2) is 9.18 Å². The van der Waals surface area contributed by atoms with Crippen LogP contribution in [0.1, 0.15) is 37.0 Å². The molecule has 3 aromatic rings. The van der Waals surface area contributed by atoms with Crippen LogP contribution < -0.4 is 10.4 Å². The molecule has 0 unspecified atom stereocenters. The second-order valence-corrected chi connectivity index (χ2v) is 7.16. The molecule has 152 valence electrons. The fourth-order valence-electron chi connectivity index (χ4n) is 3.02. The Morgan fingerprint density at radius 3 is 2.55 bits per heavy atom. The lowest BCUT2D eigenvalue weighted by Gasteiger charge is -2.14. The van der Waals surface area contributed by atoms with Crippen LogP contribution in [0.15, 0.2) is 51.7 Å². The molecule has 0 saturated carbocycles. The number of halogens is 1. The van der Waals surface area contributed by atoms with Gasteiger partial charge < -0.3 is 13.9 Å². The predicted molar refractivity (Wildman–Crippen MR) is 108 cm³/mol. The molecule has 3 rings (SSSR count). The Labute approximate surface area is 168 Å². The Morgan fingerprint density at radius 2 is 1.86 bits per heavy atom. The van der Waals surface area contributed by atoms with Crippen molar-refractivity contribution in [2.75, 3.05) is 0 Å². The van der Waals surface area contributed by atoms with Crippen molar-refractivity contribution in [1.82, 2.24) is 0 Å². The number of rotatable bonds is 7. The summed E-state index contributed by atoms with van der Waals surface area (Å²) in [6.07, 6.45) is 0.440. The van der Waals surface area contributed by atoms with Crippen molar-refractivity contribution in [2.45, 2.75) is 46.3 Å². The normalized spacial score (nSPS) is 11.1. The molecule has 1 aromatic heterocycles. The zero-order chi connectivity index (χ0) is 21.0. The van der Waals surface area contributed by atoms with E-state index in [2.05, 4.69) is 0 Å². The van der Waals surface area contributed by atoms with Crippen molar-refractivity contribution in [1.29, 1.82) is 0 Å². The van der Waals surface area contributed by atoms with Gasteiger partial charge in [-0.15, -0.1) is 0 Å². The molecular formula is C23H23FO5. The highest BCUT2D eigenvalue weighted by atomic mass is 19.1. The van der Waals surface area contributed by atoms with Crippen LogP contribution in [0, 0.1) is 12.7 Å². The van der Waals surface area contributed by atoms with Gasteiger partial charge in [0.1, 0.15) is 23.8 Å². The van der Waals surface area contributed by atoms with Crippen molar-refractivity contribution in [3.05, 3.63) is 75.4 Å². The van der Waals surface area contributed by atoms with Gasteiger partial charge in [0.25, 0.3) is 0 Å². The molecule has 0 spiro atoms. The lowest BCUT2D eigenvalue weighted by Crippen LogP contribution is -2.12. The van der Waals surface area contributed by atoms with E-state index in [0.717, 1.165) is 22.1 Å². The molecule has 0 amide bonds. The molecule has 0 aliphatic heterocycles. The van der Waals surface area contributed by atoms with E-state index in [4.69, 9.17) is 13.9 Å². The molecule has 0 bridgehead atoms. The zero-order valence-electron chi connectivity index (χ0n) is 16.7. The van der Waals surface area contributed by atoms with Gasteiger partial charge in [-0.2, -0.15) is 0 Å². The average Bonchev–Trinajstić information content (AvgIpc) is 2.65. The lowest BCUT2D eigenvalue weighted by molar-refractivity contribution is -0.147. The third-order valence-corrected chi connectivity index (χ3v) is 4.41. The van der Waals surface area contributed by atoms with E-state index < -0.39 is 5.63 Å². The van der Waals surface area contributed by atoms with E-state index in [1.165, 1.54) is 18.2 Å². The number of hydrogen-bond donors (Lipinski definition) is 0. The number of ether oxygens (including phenoxy) is 2. The summed E-state index contributed by atoms with van der Waals surface area (Å²) in [6.45, 7) is 5.65. The summed E-state index contributed by atoms with van der Waals surface area (Å²) in [5, 5.41) is 0.783. The van der Waals surface area contributed by atoms with Gasteiger partial charge in [0.2, 0.25) is 0 Å². The summed E-state index contributed by atoms with van der Waals surface area (Å²) in [5.74, 6) is -0.102. The van der Waals surface area contributed by atoms with Gasteiger partial charge in [0.05, 0.1) is 6.10 Å². The third-order valence-electron chi connectivity index (χ3n) is 4.41. The Bertz CT molecular complexity index is 1070. The van der Waals surface area contributed by atoms with Crippen LogP contribution in [-0.4, -0.2) is 12.1 Å². The smallest absolute Gasteiger partial charge is 0.336 e. The van der Waals surface area contributed by atoms with Gasteiger partial charge in [0, 0.05) is 23.9 Å². The Kier molecular flexibility index (Phi) is 6.32. The van der Waals surface area contributed by atoms with E-state index in [9.17, 15) is 14.0 Å². The first-order valence-corrected chi connectivity index (χ1v) is 9.46. The molecule has 1 heterocycles. The Balaban J connectivity index is 1.89. The highest BCUT2D eigenvalue weighted by molar-refractivity contribution is 5.83. The maximum Gasteiger partial charge on any atom is 0.336 e. The number of carbonyl (C=O) groups is 1. The zero-order valence-corrected chi connectivity index (χ0v) is 16.7. The molecule has 0 N–H and O–H groups in total. The van der Waals surface area contributed by atoms with E-state index in [1.807, 2.05) is 13.0 Å². The highest BCUT2D eigenvalue weighted by Gasteiger charge is 2.14. The molecule has 0 saturated heterocycles. The maximum atomic E-state index is 13.1. The van der Waals surface area contributed by atoms with Crippen molar-refractivity contribution in [2.24, 2.45) is 0 Å². The Morgan fingerprint density at radius 1 is 1.14 bits per heavy atom. The van der Waals surface area contributed by atoms with Crippen LogP contribution in [0.5, 0.6) is 5.75 Å². The molecule has 0 aliphatic carbocycles. The summed E-state index contributed by atoms with van der Waals surface area (Å²) in [4.78, 5) is 23.7. The number of benzene rings is 2. The minimum absolute atomic E-state index is 0.176. The topological polar surface area (TPSA) is 65.7 Å². The van der Waals surface area contributed by atoms with Crippen LogP contribution in [0.4, 0.5) is 4.39 Å². The van der Waals surface area contributed by atoms with Crippen LogP contribution >= 0.6 is 0 Å². The maximum absolute atomic E-state index is 13.1. The monoisotopic (exact) mass is 398 g/mol. The fourth-order valence-corrected chi connectivity index (χ4v) is 3.02. The van der Waals surface area contributed by atoms with Gasteiger partial charge in [-0.1, -0.05) is 12.1 Å². The second-order valence-electron chi connectivity index (χ2n) is 7.16. The van der Waals surface area contributed by atoms with Crippen LogP contribution in [0.3, 0.4) is 0 Å². The molecule has 0 fully saturated rings. The van der Waals surface area contributed by atoms with Crippen LogP contribution in [0.25, 0.3) is 11.0 Å².